The van der Waals surface area contributed by atoms with Gasteiger partial charge in [0, 0.05) is 41.3 Å². The van der Waals surface area contributed by atoms with Gasteiger partial charge in [-0.2, -0.15) is 9.97 Å². The van der Waals surface area contributed by atoms with Gasteiger partial charge in [-0.05, 0) is 51.2 Å². The SMILES string of the molecule is C[C@@H]1COCCN1c1nc(N2C3CCCC2CC3)nc2nc(-c3cccc4[nH]ccc34)[nH]c12. The molecule has 170 valence electrons. The molecule has 0 aliphatic carbocycles. The monoisotopic (exact) mass is 443 g/mol. The summed E-state index contributed by atoms with van der Waals surface area (Å²) < 4.78 is 5.73. The predicted octanol–water partition coefficient (Wildman–Crippen LogP) is 4.25. The summed E-state index contributed by atoms with van der Waals surface area (Å²) in [5.74, 6) is 2.64. The second-order valence-corrected chi connectivity index (χ2v) is 9.72. The molecule has 2 unspecified atom stereocenters. The molecule has 3 aromatic heterocycles. The molecule has 3 atom stereocenters. The molecule has 0 radical (unpaired) electrons. The zero-order valence-electron chi connectivity index (χ0n) is 18.9. The van der Waals surface area contributed by atoms with Gasteiger partial charge in [-0.3, -0.25) is 0 Å². The molecular formula is C25H29N7O. The van der Waals surface area contributed by atoms with Crippen LogP contribution >= 0.6 is 0 Å². The molecule has 0 saturated carbocycles. The Balaban J connectivity index is 1.41. The summed E-state index contributed by atoms with van der Waals surface area (Å²) in [5.41, 5.74) is 3.85. The highest BCUT2D eigenvalue weighted by Gasteiger charge is 2.39. The van der Waals surface area contributed by atoms with Crippen molar-refractivity contribution in [3.05, 3.63) is 30.5 Å². The molecule has 2 N–H and O–H groups in total. The summed E-state index contributed by atoms with van der Waals surface area (Å²) in [6, 6.07) is 9.74. The van der Waals surface area contributed by atoms with Crippen molar-refractivity contribution in [2.75, 3.05) is 29.6 Å². The van der Waals surface area contributed by atoms with E-state index >= 15 is 0 Å². The lowest BCUT2D eigenvalue weighted by atomic mass is 10.0. The van der Waals surface area contributed by atoms with Crippen LogP contribution in [0.5, 0.6) is 0 Å². The van der Waals surface area contributed by atoms with Crippen molar-refractivity contribution < 1.29 is 4.74 Å². The van der Waals surface area contributed by atoms with Crippen molar-refractivity contribution in [3.8, 4) is 11.4 Å². The molecule has 3 aliphatic rings. The van der Waals surface area contributed by atoms with Gasteiger partial charge >= 0.3 is 0 Å². The Morgan fingerprint density at radius 2 is 1.91 bits per heavy atom. The van der Waals surface area contributed by atoms with E-state index in [0.717, 1.165) is 51.8 Å². The van der Waals surface area contributed by atoms with Crippen molar-refractivity contribution in [1.82, 2.24) is 24.9 Å². The second-order valence-electron chi connectivity index (χ2n) is 9.72. The Hall–Kier alpha value is -3.13. The van der Waals surface area contributed by atoms with Crippen molar-refractivity contribution in [3.63, 3.8) is 0 Å². The zero-order valence-corrected chi connectivity index (χ0v) is 18.9. The molecule has 7 rings (SSSR count). The molecule has 1 aromatic carbocycles. The summed E-state index contributed by atoms with van der Waals surface area (Å²) in [4.78, 5) is 27.0. The largest absolute Gasteiger partial charge is 0.377 e. The van der Waals surface area contributed by atoms with E-state index in [1.165, 1.54) is 32.1 Å². The number of ether oxygens (including phenoxy) is 1. The average molecular weight is 444 g/mol. The van der Waals surface area contributed by atoms with Gasteiger partial charge in [0.15, 0.2) is 11.5 Å². The number of benzene rings is 1. The maximum atomic E-state index is 5.73. The molecule has 8 heteroatoms. The van der Waals surface area contributed by atoms with Crippen molar-refractivity contribution in [2.24, 2.45) is 0 Å². The van der Waals surface area contributed by atoms with E-state index in [0.29, 0.717) is 25.3 Å². The average Bonchev–Trinajstić information content (AvgIpc) is 3.54. The number of fused-ring (bicyclic) bond motifs is 4. The van der Waals surface area contributed by atoms with Crippen LogP contribution in [-0.2, 0) is 4.74 Å². The van der Waals surface area contributed by atoms with Crippen LogP contribution in [0.4, 0.5) is 11.8 Å². The number of aromatic nitrogens is 5. The van der Waals surface area contributed by atoms with Gasteiger partial charge in [-0.25, -0.2) is 4.98 Å². The van der Waals surface area contributed by atoms with Crippen molar-refractivity contribution in [1.29, 1.82) is 0 Å². The standard InChI is InChI=1S/C25H29N7O/c1-15-14-33-13-12-31(15)24-21-23(29-25(30-24)32-16-4-2-5-17(32)9-8-16)28-22(27-21)19-6-3-7-20-18(19)10-11-26-20/h3,6-7,10-11,15-17,26H,2,4-5,8-9,12-14H2,1H3,(H,27,28,29,30)/t15-,16?,17?/m1/s1. The highest BCUT2D eigenvalue weighted by molar-refractivity contribution is 5.96. The highest BCUT2D eigenvalue weighted by Crippen LogP contribution is 2.40. The first-order valence-electron chi connectivity index (χ1n) is 12.2. The number of rotatable bonds is 3. The van der Waals surface area contributed by atoms with Crippen molar-refractivity contribution in [2.45, 2.75) is 57.2 Å². The number of nitrogens with zero attached hydrogens (tertiary/aromatic N) is 5. The maximum absolute atomic E-state index is 5.73. The minimum atomic E-state index is 0.252. The number of piperidine rings is 1. The van der Waals surface area contributed by atoms with E-state index in [-0.39, 0.29) is 6.04 Å². The molecule has 4 aromatic rings. The molecule has 2 bridgehead atoms. The van der Waals surface area contributed by atoms with Crippen LogP contribution in [0.15, 0.2) is 30.5 Å². The van der Waals surface area contributed by atoms with Crippen LogP contribution in [0.2, 0.25) is 0 Å². The van der Waals surface area contributed by atoms with E-state index in [9.17, 15) is 0 Å². The smallest absolute Gasteiger partial charge is 0.230 e. The van der Waals surface area contributed by atoms with Gasteiger partial charge in [0.1, 0.15) is 11.3 Å². The summed E-state index contributed by atoms with van der Waals surface area (Å²) in [7, 11) is 0. The number of hydrogen-bond acceptors (Lipinski definition) is 6. The lowest BCUT2D eigenvalue weighted by Crippen LogP contribution is -2.45. The lowest BCUT2D eigenvalue weighted by molar-refractivity contribution is 0.0986. The Bertz CT molecular complexity index is 1310. The van der Waals surface area contributed by atoms with Gasteiger partial charge in [-0.15, -0.1) is 0 Å². The van der Waals surface area contributed by atoms with Crippen LogP contribution in [0.25, 0.3) is 33.5 Å². The quantitative estimate of drug-likeness (QED) is 0.492. The maximum Gasteiger partial charge on any atom is 0.230 e. The van der Waals surface area contributed by atoms with E-state index in [1.807, 2.05) is 6.20 Å². The molecular weight excluding hydrogens is 414 g/mol. The topological polar surface area (TPSA) is 86.0 Å². The van der Waals surface area contributed by atoms with Crippen LogP contribution in [0.1, 0.15) is 39.0 Å². The summed E-state index contributed by atoms with van der Waals surface area (Å²) in [6.45, 7) is 4.44. The molecule has 8 nitrogen and oxygen atoms in total. The molecule has 3 saturated heterocycles. The third-order valence-corrected chi connectivity index (χ3v) is 7.74. The highest BCUT2D eigenvalue weighted by atomic mass is 16.5. The Labute approximate surface area is 192 Å². The Morgan fingerprint density at radius 1 is 1.03 bits per heavy atom. The van der Waals surface area contributed by atoms with Gasteiger partial charge in [-0.1, -0.05) is 12.1 Å². The van der Waals surface area contributed by atoms with E-state index < -0.39 is 0 Å². The summed E-state index contributed by atoms with van der Waals surface area (Å²) in [6.07, 6.45) is 8.26. The second kappa shape index (κ2) is 7.45. The molecule has 6 heterocycles. The number of aromatic amines is 2. The summed E-state index contributed by atoms with van der Waals surface area (Å²) in [5, 5.41) is 1.15. The third-order valence-electron chi connectivity index (χ3n) is 7.74. The number of anilines is 2. The van der Waals surface area contributed by atoms with Crippen LogP contribution < -0.4 is 9.80 Å². The predicted molar refractivity (Wildman–Crippen MR) is 130 cm³/mol. The van der Waals surface area contributed by atoms with E-state index in [1.54, 1.807) is 0 Å². The number of imidazole rings is 1. The Kier molecular flexibility index (Phi) is 4.37. The molecule has 0 spiro atoms. The third kappa shape index (κ3) is 3.04. The minimum Gasteiger partial charge on any atom is -0.377 e. The first-order valence-corrected chi connectivity index (χ1v) is 12.2. The van der Waals surface area contributed by atoms with Crippen LogP contribution in [0.3, 0.4) is 0 Å². The fourth-order valence-corrected chi connectivity index (χ4v) is 6.10. The first kappa shape index (κ1) is 19.3. The minimum absolute atomic E-state index is 0.252. The van der Waals surface area contributed by atoms with E-state index in [2.05, 4.69) is 51.0 Å². The van der Waals surface area contributed by atoms with Crippen LogP contribution in [0, 0.1) is 0 Å². The number of morpholine rings is 1. The number of H-pyrrole nitrogens is 2. The van der Waals surface area contributed by atoms with E-state index in [4.69, 9.17) is 19.7 Å². The Morgan fingerprint density at radius 3 is 2.76 bits per heavy atom. The van der Waals surface area contributed by atoms with Gasteiger partial charge < -0.3 is 24.5 Å². The van der Waals surface area contributed by atoms with Crippen molar-refractivity contribution >= 4 is 33.8 Å². The molecule has 3 aliphatic heterocycles. The first-order chi connectivity index (χ1) is 16.3. The number of nitrogens with one attached hydrogen (secondary N) is 2. The van der Waals surface area contributed by atoms with Crippen LogP contribution in [-0.4, -0.2) is 62.8 Å². The zero-order chi connectivity index (χ0) is 21.9. The fourth-order valence-electron chi connectivity index (χ4n) is 6.10. The molecule has 3 fully saturated rings. The van der Waals surface area contributed by atoms with Gasteiger partial charge in [0.05, 0.1) is 19.3 Å². The van der Waals surface area contributed by atoms with Gasteiger partial charge in [0.2, 0.25) is 5.95 Å². The molecule has 0 amide bonds. The summed E-state index contributed by atoms with van der Waals surface area (Å²) >= 11 is 0. The fraction of sp³-hybridized carbons (Fsp3) is 0.480. The molecule has 33 heavy (non-hydrogen) atoms. The lowest BCUT2D eigenvalue weighted by Gasteiger charge is -2.37. The normalized spacial score (nSPS) is 25.4. The van der Waals surface area contributed by atoms with Gasteiger partial charge in [0.25, 0.3) is 0 Å². The number of hydrogen-bond donors (Lipinski definition) is 2.